The Balaban J connectivity index is 2.09. The Morgan fingerprint density at radius 2 is 2.00 bits per heavy atom. The van der Waals surface area contributed by atoms with Crippen LogP contribution in [-0.2, 0) is 13.2 Å². The van der Waals surface area contributed by atoms with Gasteiger partial charge in [-0.05, 0) is 30.3 Å². The van der Waals surface area contributed by atoms with Crippen molar-refractivity contribution in [2.75, 3.05) is 6.54 Å². The SMILES string of the molecule is CCNCc1cc(F)cc(OCc2cccc(F)c2Cl)c1. The lowest BCUT2D eigenvalue weighted by atomic mass is 10.2. The second-order valence-corrected chi connectivity index (χ2v) is 4.96. The standard InChI is InChI=1S/C16H16ClF2NO/c1-2-20-9-11-6-13(18)8-14(7-11)21-10-12-4-3-5-15(19)16(12)17/h3-8,20H,2,9-10H2,1H3. The van der Waals surface area contributed by atoms with Gasteiger partial charge >= 0.3 is 0 Å². The van der Waals surface area contributed by atoms with Crippen LogP contribution in [0.3, 0.4) is 0 Å². The number of rotatable bonds is 6. The molecule has 0 aliphatic carbocycles. The summed E-state index contributed by atoms with van der Waals surface area (Å²) in [5.74, 6) is -0.473. The first-order chi connectivity index (χ1) is 10.1. The van der Waals surface area contributed by atoms with Crippen LogP contribution in [0.25, 0.3) is 0 Å². The van der Waals surface area contributed by atoms with Crippen LogP contribution < -0.4 is 10.1 Å². The van der Waals surface area contributed by atoms with Gasteiger partial charge < -0.3 is 10.1 Å². The quantitative estimate of drug-likeness (QED) is 0.858. The molecular weight excluding hydrogens is 296 g/mol. The highest BCUT2D eigenvalue weighted by atomic mass is 35.5. The second kappa shape index (κ2) is 7.38. The zero-order valence-electron chi connectivity index (χ0n) is 11.6. The Bertz CT molecular complexity index is 619. The van der Waals surface area contributed by atoms with E-state index in [0.29, 0.717) is 17.9 Å². The highest BCUT2D eigenvalue weighted by Crippen LogP contribution is 2.23. The molecule has 0 amide bonds. The molecule has 0 spiro atoms. The van der Waals surface area contributed by atoms with E-state index in [9.17, 15) is 8.78 Å². The van der Waals surface area contributed by atoms with Crippen molar-refractivity contribution in [2.24, 2.45) is 0 Å². The summed E-state index contributed by atoms with van der Waals surface area (Å²) >= 11 is 5.85. The minimum atomic E-state index is -0.496. The van der Waals surface area contributed by atoms with E-state index in [-0.39, 0.29) is 17.4 Å². The molecule has 1 N–H and O–H groups in total. The van der Waals surface area contributed by atoms with Crippen molar-refractivity contribution in [1.82, 2.24) is 5.32 Å². The van der Waals surface area contributed by atoms with Gasteiger partial charge in [0, 0.05) is 18.2 Å². The minimum Gasteiger partial charge on any atom is -0.489 e. The van der Waals surface area contributed by atoms with Crippen LogP contribution in [-0.4, -0.2) is 6.54 Å². The predicted octanol–water partition coefficient (Wildman–Crippen LogP) is 4.31. The molecule has 0 saturated carbocycles. The largest absolute Gasteiger partial charge is 0.489 e. The van der Waals surface area contributed by atoms with Crippen LogP contribution >= 0.6 is 11.6 Å². The summed E-state index contributed by atoms with van der Waals surface area (Å²) in [6.45, 7) is 3.42. The first kappa shape index (κ1) is 15.7. The molecule has 0 radical (unpaired) electrons. The molecule has 0 bridgehead atoms. The van der Waals surface area contributed by atoms with Crippen molar-refractivity contribution in [1.29, 1.82) is 0 Å². The summed E-state index contributed by atoms with van der Waals surface area (Å²) in [6, 6.07) is 9.00. The molecule has 0 unspecified atom stereocenters. The minimum absolute atomic E-state index is 0.0294. The van der Waals surface area contributed by atoms with E-state index >= 15 is 0 Å². The van der Waals surface area contributed by atoms with Gasteiger partial charge in [-0.25, -0.2) is 8.78 Å². The lowest BCUT2D eigenvalue weighted by Crippen LogP contribution is -2.12. The van der Waals surface area contributed by atoms with Crippen molar-refractivity contribution >= 4 is 11.6 Å². The fourth-order valence-corrected chi connectivity index (χ4v) is 2.08. The molecule has 0 fully saturated rings. The molecule has 5 heteroatoms. The lowest BCUT2D eigenvalue weighted by Gasteiger charge is -2.10. The third-order valence-electron chi connectivity index (χ3n) is 2.94. The molecule has 0 atom stereocenters. The fraction of sp³-hybridized carbons (Fsp3) is 0.250. The van der Waals surface area contributed by atoms with Gasteiger partial charge in [0.15, 0.2) is 0 Å². The monoisotopic (exact) mass is 311 g/mol. The molecule has 0 heterocycles. The summed E-state index contributed by atoms with van der Waals surface area (Å²) in [5.41, 5.74) is 1.31. The zero-order chi connectivity index (χ0) is 15.2. The van der Waals surface area contributed by atoms with Gasteiger partial charge in [-0.1, -0.05) is 30.7 Å². The highest BCUT2D eigenvalue weighted by molar-refractivity contribution is 6.31. The van der Waals surface area contributed by atoms with Crippen molar-refractivity contribution in [2.45, 2.75) is 20.1 Å². The summed E-state index contributed by atoms with van der Waals surface area (Å²) in [4.78, 5) is 0. The number of halogens is 3. The number of ether oxygens (including phenoxy) is 1. The summed E-state index contributed by atoms with van der Waals surface area (Å²) < 4.78 is 32.4. The van der Waals surface area contributed by atoms with E-state index in [1.165, 1.54) is 18.2 Å². The third-order valence-corrected chi connectivity index (χ3v) is 3.36. The van der Waals surface area contributed by atoms with E-state index in [1.54, 1.807) is 18.2 Å². The molecular formula is C16H16ClF2NO. The molecule has 0 saturated heterocycles. The van der Waals surface area contributed by atoms with Gasteiger partial charge in [0.1, 0.15) is 24.0 Å². The maximum Gasteiger partial charge on any atom is 0.142 e. The number of hydrogen-bond donors (Lipinski definition) is 1. The van der Waals surface area contributed by atoms with Crippen LogP contribution in [0.2, 0.25) is 5.02 Å². The van der Waals surface area contributed by atoms with E-state index in [2.05, 4.69) is 5.32 Å². The molecule has 2 aromatic carbocycles. The van der Waals surface area contributed by atoms with Crippen molar-refractivity contribution in [3.8, 4) is 5.75 Å². The number of benzene rings is 2. The van der Waals surface area contributed by atoms with Gasteiger partial charge in [0.2, 0.25) is 0 Å². The third kappa shape index (κ3) is 4.41. The molecule has 0 aliphatic rings. The smallest absolute Gasteiger partial charge is 0.142 e. The van der Waals surface area contributed by atoms with Gasteiger partial charge in [-0.15, -0.1) is 0 Å². The Morgan fingerprint density at radius 1 is 1.19 bits per heavy atom. The average molecular weight is 312 g/mol. The lowest BCUT2D eigenvalue weighted by molar-refractivity contribution is 0.303. The van der Waals surface area contributed by atoms with Crippen LogP contribution in [0.15, 0.2) is 36.4 Å². The summed E-state index contributed by atoms with van der Waals surface area (Å²) in [5, 5.41) is 3.15. The van der Waals surface area contributed by atoms with Crippen LogP contribution in [0.5, 0.6) is 5.75 Å². The van der Waals surface area contributed by atoms with Crippen molar-refractivity contribution in [3.63, 3.8) is 0 Å². The average Bonchev–Trinajstić information content (AvgIpc) is 2.46. The first-order valence-electron chi connectivity index (χ1n) is 6.66. The fourth-order valence-electron chi connectivity index (χ4n) is 1.90. The van der Waals surface area contributed by atoms with E-state index in [1.807, 2.05) is 6.92 Å². The Kier molecular flexibility index (Phi) is 5.53. The van der Waals surface area contributed by atoms with Crippen molar-refractivity contribution < 1.29 is 13.5 Å². The van der Waals surface area contributed by atoms with Gasteiger partial charge in [0.25, 0.3) is 0 Å². The second-order valence-electron chi connectivity index (χ2n) is 4.58. The zero-order valence-corrected chi connectivity index (χ0v) is 12.4. The van der Waals surface area contributed by atoms with Crippen LogP contribution in [0.1, 0.15) is 18.1 Å². The van der Waals surface area contributed by atoms with E-state index in [0.717, 1.165) is 12.1 Å². The van der Waals surface area contributed by atoms with Crippen LogP contribution in [0, 0.1) is 11.6 Å². The highest BCUT2D eigenvalue weighted by Gasteiger charge is 2.07. The maximum atomic E-state index is 13.5. The topological polar surface area (TPSA) is 21.3 Å². The molecule has 2 aromatic rings. The molecule has 2 nitrogen and oxygen atoms in total. The Morgan fingerprint density at radius 3 is 2.76 bits per heavy atom. The van der Waals surface area contributed by atoms with E-state index < -0.39 is 5.82 Å². The Hall–Kier alpha value is -1.65. The summed E-state index contributed by atoms with van der Waals surface area (Å²) in [6.07, 6.45) is 0. The maximum absolute atomic E-state index is 13.5. The van der Waals surface area contributed by atoms with Crippen LogP contribution in [0.4, 0.5) is 8.78 Å². The van der Waals surface area contributed by atoms with Gasteiger partial charge in [0.05, 0.1) is 5.02 Å². The van der Waals surface area contributed by atoms with Gasteiger partial charge in [-0.2, -0.15) is 0 Å². The summed E-state index contributed by atoms with van der Waals surface area (Å²) in [7, 11) is 0. The van der Waals surface area contributed by atoms with Gasteiger partial charge in [-0.3, -0.25) is 0 Å². The molecule has 112 valence electrons. The molecule has 0 aromatic heterocycles. The molecule has 21 heavy (non-hydrogen) atoms. The molecule has 0 aliphatic heterocycles. The normalized spacial score (nSPS) is 10.7. The Labute approximate surface area is 127 Å². The molecule has 2 rings (SSSR count). The number of nitrogens with one attached hydrogen (secondary N) is 1. The predicted molar refractivity (Wildman–Crippen MR) is 79.5 cm³/mol. The number of hydrogen-bond acceptors (Lipinski definition) is 2. The van der Waals surface area contributed by atoms with E-state index in [4.69, 9.17) is 16.3 Å². The van der Waals surface area contributed by atoms with Crippen molar-refractivity contribution in [3.05, 3.63) is 64.2 Å². The first-order valence-corrected chi connectivity index (χ1v) is 7.04.